The van der Waals surface area contributed by atoms with Gasteiger partial charge in [-0.2, -0.15) is 5.10 Å². The summed E-state index contributed by atoms with van der Waals surface area (Å²) in [6.45, 7) is 0.127. The summed E-state index contributed by atoms with van der Waals surface area (Å²) >= 11 is 12.0. The van der Waals surface area contributed by atoms with Gasteiger partial charge in [0.15, 0.2) is 0 Å². The Morgan fingerprint density at radius 3 is 2.78 bits per heavy atom. The summed E-state index contributed by atoms with van der Waals surface area (Å²) < 4.78 is 5.75. The molecule has 138 valence electrons. The van der Waals surface area contributed by atoms with Gasteiger partial charge in [0.2, 0.25) is 0 Å². The van der Waals surface area contributed by atoms with Crippen LogP contribution in [0.2, 0.25) is 10.0 Å². The molecule has 27 heavy (non-hydrogen) atoms. The summed E-state index contributed by atoms with van der Waals surface area (Å²) in [5.41, 5.74) is 6.44. The molecule has 0 spiro atoms. The molecule has 0 saturated heterocycles. The summed E-state index contributed by atoms with van der Waals surface area (Å²) in [4.78, 5) is 11.5. The van der Waals surface area contributed by atoms with E-state index in [-0.39, 0.29) is 18.2 Å². The van der Waals surface area contributed by atoms with E-state index in [4.69, 9.17) is 33.7 Å². The van der Waals surface area contributed by atoms with E-state index in [9.17, 15) is 10.1 Å². The van der Waals surface area contributed by atoms with Crippen molar-refractivity contribution in [1.82, 2.24) is 20.3 Å². The summed E-state index contributed by atoms with van der Waals surface area (Å²) in [7, 11) is 0. The first-order valence-electron chi connectivity index (χ1n) is 7.37. The normalized spacial score (nSPS) is 11.0. The van der Waals surface area contributed by atoms with E-state index in [2.05, 4.69) is 20.6 Å². The van der Waals surface area contributed by atoms with Crippen LogP contribution in [-0.4, -0.2) is 31.5 Å². The molecule has 12 heteroatoms. The van der Waals surface area contributed by atoms with Gasteiger partial charge in [0, 0.05) is 33.3 Å². The molecule has 10 nitrogen and oxygen atoms in total. The highest BCUT2D eigenvalue weighted by Crippen LogP contribution is 2.26. The lowest BCUT2D eigenvalue weighted by Gasteiger charge is -2.10. The maximum Gasteiger partial charge on any atom is 0.270 e. The Bertz CT molecular complexity index is 1020. The van der Waals surface area contributed by atoms with Gasteiger partial charge in [0.1, 0.15) is 12.4 Å². The number of non-ortho nitro benzene ring substituents is 1. The molecule has 1 heterocycles. The van der Waals surface area contributed by atoms with Gasteiger partial charge in [-0.3, -0.25) is 10.1 Å². The van der Waals surface area contributed by atoms with Crippen LogP contribution < -0.4 is 10.5 Å². The molecule has 1 aromatic heterocycles. The SMILES string of the molecule is Nc1nnnn1N=Cc1cc([N+](=O)[O-])ccc1OCc1ccc(Cl)cc1Cl. The third kappa shape index (κ3) is 4.49. The van der Waals surface area contributed by atoms with E-state index >= 15 is 0 Å². The number of nitrogens with zero attached hydrogens (tertiary/aromatic N) is 6. The van der Waals surface area contributed by atoms with Crippen LogP contribution in [-0.2, 0) is 6.61 Å². The number of aromatic nitrogens is 4. The Kier molecular flexibility index (Phi) is 5.48. The van der Waals surface area contributed by atoms with Crippen LogP contribution in [0.25, 0.3) is 0 Å². The first kappa shape index (κ1) is 18.5. The van der Waals surface area contributed by atoms with Crippen molar-refractivity contribution in [2.45, 2.75) is 6.61 Å². The minimum Gasteiger partial charge on any atom is -0.488 e. The predicted octanol–water partition coefficient (Wildman–Crippen LogP) is 2.93. The fourth-order valence-electron chi connectivity index (χ4n) is 2.06. The minimum atomic E-state index is -0.525. The van der Waals surface area contributed by atoms with Crippen molar-refractivity contribution in [3.8, 4) is 5.75 Å². The summed E-state index contributed by atoms with van der Waals surface area (Å²) in [5.74, 6) is 0.314. The number of halogens is 2. The van der Waals surface area contributed by atoms with Crippen LogP contribution in [0, 0.1) is 10.1 Å². The summed E-state index contributed by atoms with van der Waals surface area (Å²) in [5, 5.41) is 26.4. The van der Waals surface area contributed by atoms with Crippen molar-refractivity contribution in [1.29, 1.82) is 0 Å². The van der Waals surface area contributed by atoms with Gasteiger partial charge in [-0.05, 0) is 28.6 Å². The molecular formula is C15H11Cl2N7O3. The van der Waals surface area contributed by atoms with Crippen LogP contribution in [0.1, 0.15) is 11.1 Å². The largest absolute Gasteiger partial charge is 0.488 e. The van der Waals surface area contributed by atoms with E-state index in [1.165, 1.54) is 24.4 Å². The van der Waals surface area contributed by atoms with E-state index in [1.807, 2.05) is 0 Å². The highest BCUT2D eigenvalue weighted by Gasteiger charge is 2.12. The van der Waals surface area contributed by atoms with Crippen molar-refractivity contribution < 1.29 is 9.66 Å². The monoisotopic (exact) mass is 407 g/mol. The van der Waals surface area contributed by atoms with E-state index in [0.717, 1.165) is 4.79 Å². The highest BCUT2D eigenvalue weighted by atomic mass is 35.5. The molecule has 3 rings (SSSR count). The lowest BCUT2D eigenvalue weighted by Crippen LogP contribution is -2.02. The van der Waals surface area contributed by atoms with E-state index < -0.39 is 4.92 Å². The van der Waals surface area contributed by atoms with E-state index in [0.29, 0.717) is 26.9 Å². The number of benzene rings is 2. The zero-order valence-corrected chi connectivity index (χ0v) is 15.0. The van der Waals surface area contributed by atoms with Crippen molar-refractivity contribution in [3.63, 3.8) is 0 Å². The zero-order chi connectivity index (χ0) is 19.4. The molecule has 0 atom stereocenters. The quantitative estimate of drug-likeness (QED) is 0.376. The molecule has 0 aliphatic rings. The standard InChI is InChI=1S/C15H11Cl2N7O3/c16-11-2-1-9(13(17)6-11)8-27-14-4-3-12(24(25)26)5-10(14)7-19-23-15(18)20-21-22-23/h1-7H,8H2,(H2,18,20,22). The Hall–Kier alpha value is -3.24. The van der Waals surface area contributed by atoms with Gasteiger partial charge in [-0.1, -0.05) is 39.2 Å². The minimum absolute atomic E-state index is 0.0351. The Morgan fingerprint density at radius 2 is 2.11 bits per heavy atom. The molecule has 0 amide bonds. The van der Waals surface area contributed by atoms with Crippen molar-refractivity contribution in [3.05, 3.63) is 67.7 Å². The maximum absolute atomic E-state index is 11.0. The van der Waals surface area contributed by atoms with Gasteiger partial charge in [0.05, 0.1) is 11.1 Å². The lowest BCUT2D eigenvalue weighted by molar-refractivity contribution is -0.384. The molecule has 0 saturated carbocycles. The highest BCUT2D eigenvalue weighted by molar-refractivity contribution is 6.35. The van der Waals surface area contributed by atoms with Gasteiger partial charge in [-0.25, -0.2) is 0 Å². The van der Waals surface area contributed by atoms with E-state index in [1.54, 1.807) is 18.2 Å². The molecule has 0 unspecified atom stereocenters. The number of anilines is 1. The van der Waals surface area contributed by atoms with Crippen molar-refractivity contribution in [2.24, 2.45) is 5.10 Å². The number of nitrogen functional groups attached to an aromatic ring is 1. The van der Waals surface area contributed by atoms with Gasteiger partial charge in [0.25, 0.3) is 11.6 Å². The molecule has 2 aromatic carbocycles. The molecule has 0 radical (unpaired) electrons. The molecule has 0 bridgehead atoms. The number of nitro benzene ring substituents is 1. The molecule has 0 aliphatic heterocycles. The van der Waals surface area contributed by atoms with Crippen molar-refractivity contribution in [2.75, 3.05) is 5.73 Å². The topological polar surface area (TPSA) is 134 Å². The average Bonchev–Trinajstić information content (AvgIpc) is 3.04. The number of nitro groups is 1. The maximum atomic E-state index is 11.0. The van der Waals surface area contributed by atoms with Crippen LogP contribution in [0.15, 0.2) is 41.5 Å². The number of hydrogen-bond donors (Lipinski definition) is 1. The fourth-order valence-corrected chi connectivity index (χ4v) is 2.53. The van der Waals surface area contributed by atoms with Crippen LogP contribution >= 0.6 is 23.2 Å². The summed E-state index contributed by atoms with van der Waals surface area (Å²) in [6, 6.07) is 9.10. The van der Waals surface area contributed by atoms with Crippen LogP contribution in [0.5, 0.6) is 5.75 Å². The number of tetrazole rings is 1. The smallest absolute Gasteiger partial charge is 0.270 e. The molecule has 0 fully saturated rings. The number of rotatable bonds is 6. The third-order valence-electron chi connectivity index (χ3n) is 3.39. The van der Waals surface area contributed by atoms with Gasteiger partial charge >= 0.3 is 0 Å². The third-order valence-corrected chi connectivity index (χ3v) is 3.97. The lowest BCUT2D eigenvalue weighted by atomic mass is 10.2. The van der Waals surface area contributed by atoms with Crippen LogP contribution in [0.3, 0.4) is 0 Å². The molecular weight excluding hydrogens is 397 g/mol. The fraction of sp³-hybridized carbons (Fsp3) is 0.0667. The first-order valence-corrected chi connectivity index (χ1v) is 8.13. The second kappa shape index (κ2) is 7.98. The second-order valence-corrected chi connectivity index (χ2v) is 6.02. The number of nitrogens with two attached hydrogens (primary N) is 1. The number of ether oxygens (including phenoxy) is 1. The molecule has 0 aliphatic carbocycles. The first-order chi connectivity index (χ1) is 12.9. The molecule has 3 aromatic rings. The van der Waals surface area contributed by atoms with Crippen LogP contribution in [0.4, 0.5) is 11.6 Å². The Balaban J connectivity index is 1.88. The van der Waals surface area contributed by atoms with Gasteiger partial charge < -0.3 is 10.5 Å². The Morgan fingerprint density at radius 1 is 1.30 bits per heavy atom. The predicted molar refractivity (Wildman–Crippen MR) is 99.1 cm³/mol. The Labute approximate surface area is 162 Å². The summed E-state index contributed by atoms with van der Waals surface area (Å²) in [6.07, 6.45) is 1.30. The average molecular weight is 408 g/mol. The van der Waals surface area contributed by atoms with Crippen molar-refractivity contribution >= 4 is 41.1 Å². The van der Waals surface area contributed by atoms with Gasteiger partial charge in [-0.15, -0.1) is 0 Å². The second-order valence-electron chi connectivity index (χ2n) is 5.17. The zero-order valence-electron chi connectivity index (χ0n) is 13.5. The number of hydrogen-bond acceptors (Lipinski definition) is 8. The molecule has 2 N–H and O–H groups in total.